The lowest BCUT2D eigenvalue weighted by Gasteiger charge is -2.12. The highest BCUT2D eigenvalue weighted by atomic mass is 32.1. The standard InChI is InChI=1S/C13H15N3O3S/c1-3-14-12-5-4-11(16(18)19)6-10(12)7-15-9(2)8-20-13(15)17/h4-6,8,14H,3,7H2,1-2H3. The van der Waals surface area contributed by atoms with Gasteiger partial charge in [-0.05, 0) is 19.9 Å². The maximum absolute atomic E-state index is 11.8. The van der Waals surface area contributed by atoms with Crippen LogP contribution in [0.15, 0.2) is 28.4 Å². The SMILES string of the molecule is CCNc1ccc([N+](=O)[O-])cc1Cn1c(C)csc1=O. The number of aromatic nitrogens is 1. The quantitative estimate of drug-likeness (QED) is 0.679. The number of benzene rings is 1. The first-order chi connectivity index (χ1) is 9.52. The van der Waals surface area contributed by atoms with Crippen LogP contribution < -0.4 is 10.2 Å². The molecule has 2 aromatic rings. The second-order valence-corrected chi connectivity index (χ2v) is 5.18. The van der Waals surface area contributed by atoms with Crippen LogP contribution in [0.25, 0.3) is 0 Å². The van der Waals surface area contributed by atoms with Gasteiger partial charge in [-0.3, -0.25) is 19.5 Å². The van der Waals surface area contributed by atoms with Crippen molar-refractivity contribution < 1.29 is 4.92 Å². The van der Waals surface area contributed by atoms with Gasteiger partial charge in [0.25, 0.3) is 5.69 Å². The molecule has 106 valence electrons. The molecule has 1 heterocycles. The predicted octanol–water partition coefficient (Wildman–Crippen LogP) is 2.61. The van der Waals surface area contributed by atoms with E-state index >= 15 is 0 Å². The third-order valence-corrected chi connectivity index (χ3v) is 3.85. The Hall–Kier alpha value is -2.15. The van der Waals surface area contributed by atoms with Crippen LogP contribution in [-0.2, 0) is 6.54 Å². The van der Waals surface area contributed by atoms with E-state index in [1.807, 2.05) is 13.8 Å². The number of nitrogens with zero attached hydrogens (tertiary/aromatic N) is 2. The van der Waals surface area contributed by atoms with Gasteiger partial charge in [-0.2, -0.15) is 0 Å². The number of non-ortho nitro benzene ring substituents is 1. The van der Waals surface area contributed by atoms with E-state index in [1.165, 1.54) is 12.1 Å². The first kappa shape index (κ1) is 14.3. The van der Waals surface area contributed by atoms with Crippen molar-refractivity contribution >= 4 is 22.7 Å². The summed E-state index contributed by atoms with van der Waals surface area (Å²) in [4.78, 5) is 22.1. The molecule has 0 saturated heterocycles. The highest BCUT2D eigenvalue weighted by molar-refractivity contribution is 7.07. The Morgan fingerprint density at radius 1 is 1.45 bits per heavy atom. The van der Waals surface area contributed by atoms with E-state index in [4.69, 9.17) is 0 Å². The molecule has 1 aromatic heterocycles. The Bertz CT molecular complexity index is 690. The third-order valence-electron chi connectivity index (χ3n) is 2.97. The van der Waals surface area contributed by atoms with Crippen molar-refractivity contribution in [3.05, 3.63) is 54.6 Å². The van der Waals surface area contributed by atoms with Crippen molar-refractivity contribution in [3.8, 4) is 0 Å². The Morgan fingerprint density at radius 2 is 2.20 bits per heavy atom. The van der Waals surface area contributed by atoms with E-state index in [0.717, 1.165) is 28.3 Å². The fourth-order valence-corrected chi connectivity index (χ4v) is 2.69. The van der Waals surface area contributed by atoms with Crippen LogP contribution in [0.2, 0.25) is 0 Å². The van der Waals surface area contributed by atoms with Crippen molar-refractivity contribution in [2.24, 2.45) is 0 Å². The van der Waals surface area contributed by atoms with Gasteiger partial charge in [0.05, 0.1) is 11.5 Å². The molecule has 20 heavy (non-hydrogen) atoms. The fraction of sp³-hybridized carbons (Fsp3) is 0.308. The minimum atomic E-state index is -0.428. The Kier molecular flexibility index (Phi) is 4.19. The summed E-state index contributed by atoms with van der Waals surface area (Å²) in [6.45, 7) is 4.84. The normalized spacial score (nSPS) is 10.5. The second-order valence-electron chi connectivity index (χ2n) is 4.36. The lowest BCUT2D eigenvalue weighted by Crippen LogP contribution is -2.16. The molecule has 0 amide bonds. The van der Waals surface area contributed by atoms with E-state index in [9.17, 15) is 14.9 Å². The van der Waals surface area contributed by atoms with Gasteiger partial charge in [-0.15, -0.1) is 0 Å². The lowest BCUT2D eigenvalue weighted by atomic mass is 10.1. The summed E-state index contributed by atoms with van der Waals surface area (Å²) in [6, 6.07) is 4.66. The average molecular weight is 293 g/mol. The zero-order valence-electron chi connectivity index (χ0n) is 11.3. The summed E-state index contributed by atoms with van der Waals surface area (Å²) in [6.07, 6.45) is 0. The summed E-state index contributed by atoms with van der Waals surface area (Å²) in [5.74, 6) is 0. The van der Waals surface area contributed by atoms with Crippen LogP contribution in [0.3, 0.4) is 0 Å². The molecule has 0 unspecified atom stereocenters. The Morgan fingerprint density at radius 3 is 2.75 bits per heavy atom. The minimum absolute atomic E-state index is 0.0302. The number of nitro groups is 1. The number of hydrogen-bond acceptors (Lipinski definition) is 5. The van der Waals surface area contributed by atoms with E-state index in [1.54, 1.807) is 16.0 Å². The lowest BCUT2D eigenvalue weighted by molar-refractivity contribution is -0.384. The molecule has 0 spiro atoms. The van der Waals surface area contributed by atoms with E-state index in [-0.39, 0.29) is 10.6 Å². The molecule has 1 aromatic carbocycles. The summed E-state index contributed by atoms with van der Waals surface area (Å²) >= 11 is 1.13. The number of anilines is 1. The summed E-state index contributed by atoms with van der Waals surface area (Å²) in [7, 11) is 0. The Balaban J connectivity index is 2.44. The van der Waals surface area contributed by atoms with Crippen LogP contribution in [0, 0.1) is 17.0 Å². The van der Waals surface area contributed by atoms with Gasteiger partial charge >= 0.3 is 4.87 Å². The number of thiazole rings is 1. The number of aryl methyl sites for hydroxylation is 1. The molecule has 6 nitrogen and oxygen atoms in total. The maximum Gasteiger partial charge on any atom is 0.307 e. The third kappa shape index (κ3) is 2.88. The molecule has 0 fully saturated rings. The van der Waals surface area contributed by atoms with Crippen molar-refractivity contribution in [1.29, 1.82) is 0 Å². The molecule has 0 aliphatic heterocycles. The first-order valence-corrected chi connectivity index (χ1v) is 7.07. The number of hydrogen-bond donors (Lipinski definition) is 1. The summed E-state index contributed by atoms with van der Waals surface area (Å²) in [5.41, 5.74) is 2.44. The zero-order valence-corrected chi connectivity index (χ0v) is 12.1. The van der Waals surface area contributed by atoms with Crippen molar-refractivity contribution in [3.63, 3.8) is 0 Å². The van der Waals surface area contributed by atoms with Crippen molar-refractivity contribution in [1.82, 2.24) is 4.57 Å². The fourth-order valence-electron chi connectivity index (χ4n) is 1.95. The van der Waals surface area contributed by atoms with Gasteiger partial charge in [0.2, 0.25) is 0 Å². The Labute approximate surface area is 119 Å². The molecule has 7 heteroatoms. The van der Waals surface area contributed by atoms with Crippen LogP contribution >= 0.6 is 11.3 Å². The molecule has 0 atom stereocenters. The topological polar surface area (TPSA) is 77.2 Å². The number of rotatable bonds is 5. The largest absolute Gasteiger partial charge is 0.385 e. The van der Waals surface area contributed by atoms with Crippen molar-refractivity contribution in [2.45, 2.75) is 20.4 Å². The molecule has 0 radical (unpaired) electrons. The van der Waals surface area contributed by atoms with Gasteiger partial charge in [-0.1, -0.05) is 11.3 Å². The number of nitrogens with one attached hydrogen (secondary N) is 1. The van der Waals surface area contributed by atoms with E-state index < -0.39 is 4.92 Å². The predicted molar refractivity (Wildman–Crippen MR) is 79.7 cm³/mol. The molecule has 0 bridgehead atoms. The average Bonchev–Trinajstić information content (AvgIpc) is 2.72. The van der Waals surface area contributed by atoms with Gasteiger partial charge in [0.15, 0.2) is 0 Å². The first-order valence-electron chi connectivity index (χ1n) is 6.19. The molecule has 2 rings (SSSR count). The van der Waals surface area contributed by atoms with E-state index in [0.29, 0.717) is 13.1 Å². The molecular weight excluding hydrogens is 278 g/mol. The van der Waals surface area contributed by atoms with E-state index in [2.05, 4.69) is 5.32 Å². The second kappa shape index (κ2) is 5.87. The van der Waals surface area contributed by atoms with Gasteiger partial charge in [-0.25, -0.2) is 0 Å². The molecule has 0 aliphatic rings. The molecule has 1 N–H and O–H groups in total. The highest BCUT2D eigenvalue weighted by Crippen LogP contribution is 2.23. The molecule has 0 saturated carbocycles. The van der Waals surface area contributed by atoms with Crippen LogP contribution in [0.5, 0.6) is 0 Å². The zero-order chi connectivity index (χ0) is 14.7. The number of nitro benzene ring substituents is 1. The van der Waals surface area contributed by atoms with Gasteiger partial charge in [0, 0.05) is 41.0 Å². The van der Waals surface area contributed by atoms with Gasteiger partial charge in [0.1, 0.15) is 0 Å². The van der Waals surface area contributed by atoms with Crippen LogP contribution in [0.4, 0.5) is 11.4 Å². The molecule has 0 aliphatic carbocycles. The van der Waals surface area contributed by atoms with Crippen LogP contribution in [-0.4, -0.2) is 16.0 Å². The maximum atomic E-state index is 11.8. The summed E-state index contributed by atoms with van der Waals surface area (Å²) < 4.78 is 1.62. The van der Waals surface area contributed by atoms with Crippen LogP contribution in [0.1, 0.15) is 18.2 Å². The van der Waals surface area contributed by atoms with Crippen molar-refractivity contribution in [2.75, 3.05) is 11.9 Å². The summed E-state index contributed by atoms with van der Waals surface area (Å²) in [5, 5.41) is 15.8. The highest BCUT2D eigenvalue weighted by Gasteiger charge is 2.12. The molecular formula is C13H15N3O3S. The van der Waals surface area contributed by atoms with Gasteiger partial charge < -0.3 is 5.32 Å². The smallest absolute Gasteiger partial charge is 0.307 e. The minimum Gasteiger partial charge on any atom is -0.385 e. The monoisotopic (exact) mass is 293 g/mol.